The van der Waals surface area contributed by atoms with Crippen LogP contribution in [-0.2, 0) is 4.79 Å². The van der Waals surface area contributed by atoms with Gasteiger partial charge in [0.2, 0.25) is 5.91 Å². The van der Waals surface area contributed by atoms with Gasteiger partial charge in [0.1, 0.15) is 0 Å². The summed E-state index contributed by atoms with van der Waals surface area (Å²) in [5.41, 5.74) is 1.70. The Morgan fingerprint density at radius 2 is 2.24 bits per heavy atom. The van der Waals surface area contributed by atoms with Crippen molar-refractivity contribution in [3.63, 3.8) is 0 Å². The van der Waals surface area contributed by atoms with E-state index < -0.39 is 0 Å². The van der Waals surface area contributed by atoms with Crippen molar-refractivity contribution in [3.05, 3.63) is 28.8 Å². The van der Waals surface area contributed by atoms with Crippen molar-refractivity contribution >= 4 is 23.2 Å². The summed E-state index contributed by atoms with van der Waals surface area (Å²) < 4.78 is 0. The molecule has 5 heteroatoms. The van der Waals surface area contributed by atoms with Crippen molar-refractivity contribution in [2.24, 2.45) is 0 Å². The Morgan fingerprint density at radius 3 is 2.95 bits per heavy atom. The highest BCUT2D eigenvalue weighted by molar-refractivity contribution is 6.31. The predicted octanol–water partition coefficient (Wildman–Crippen LogP) is 2.66. The molecule has 116 valence electrons. The average Bonchev–Trinajstić information content (AvgIpc) is 2.51. The van der Waals surface area contributed by atoms with Crippen LogP contribution in [0, 0.1) is 6.92 Å². The Kier molecular flexibility index (Phi) is 5.62. The van der Waals surface area contributed by atoms with Crippen molar-refractivity contribution in [3.8, 4) is 0 Å². The van der Waals surface area contributed by atoms with E-state index in [0.29, 0.717) is 11.1 Å². The molecule has 0 aromatic heterocycles. The van der Waals surface area contributed by atoms with Gasteiger partial charge in [-0.3, -0.25) is 9.69 Å². The van der Waals surface area contributed by atoms with Crippen LogP contribution in [0.4, 0.5) is 5.69 Å². The lowest BCUT2D eigenvalue weighted by molar-refractivity contribution is -0.121. The van der Waals surface area contributed by atoms with Crippen molar-refractivity contribution in [2.45, 2.75) is 38.8 Å². The fraction of sp³-hybridized carbons (Fsp3) is 0.562. The monoisotopic (exact) mass is 309 g/mol. The van der Waals surface area contributed by atoms with Crippen LogP contribution in [0.3, 0.4) is 0 Å². The van der Waals surface area contributed by atoms with E-state index in [1.54, 1.807) is 0 Å². The molecule has 0 aliphatic carbocycles. The number of amides is 1. The molecule has 0 radical (unpaired) electrons. The van der Waals surface area contributed by atoms with E-state index in [4.69, 9.17) is 11.6 Å². The Morgan fingerprint density at radius 1 is 1.48 bits per heavy atom. The van der Waals surface area contributed by atoms with Crippen LogP contribution in [0.15, 0.2) is 18.2 Å². The molecule has 0 spiro atoms. The lowest BCUT2D eigenvalue weighted by Crippen LogP contribution is -2.51. The van der Waals surface area contributed by atoms with Gasteiger partial charge in [0, 0.05) is 23.3 Å². The zero-order chi connectivity index (χ0) is 15.4. The third-order valence-electron chi connectivity index (χ3n) is 4.31. The zero-order valence-electron chi connectivity index (χ0n) is 12.9. The van der Waals surface area contributed by atoms with Gasteiger partial charge in [-0.15, -0.1) is 0 Å². The smallest absolute Gasteiger partial charge is 0.241 e. The highest BCUT2D eigenvalue weighted by atomic mass is 35.5. The molecule has 4 nitrogen and oxygen atoms in total. The summed E-state index contributed by atoms with van der Waals surface area (Å²) in [7, 11) is 1.98. The second-order valence-electron chi connectivity index (χ2n) is 5.70. The first-order valence-corrected chi connectivity index (χ1v) is 7.88. The first kappa shape index (κ1) is 16.3. The Hall–Kier alpha value is -1.10. The zero-order valence-corrected chi connectivity index (χ0v) is 13.7. The van der Waals surface area contributed by atoms with E-state index in [1.165, 1.54) is 6.42 Å². The van der Waals surface area contributed by atoms with Gasteiger partial charge in [0.15, 0.2) is 0 Å². The number of nitrogens with zero attached hydrogens (tertiary/aromatic N) is 1. The number of piperidine rings is 1. The number of likely N-dealkylation sites (tertiary alicyclic amines) is 1. The molecule has 21 heavy (non-hydrogen) atoms. The molecule has 1 amide bonds. The highest BCUT2D eigenvalue weighted by Crippen LogP contribution is 2.23. The van der Waals surface area contributed by atoms with E-state index in [-0.39, 0.29) is 11.9 Å². The molecule has 1 aromatic carbocycles. The fourth-order valence-electron chi connectivity index (χ4n) is 2.74. The summed E-state index contributed by atoms with van der Waals surface area (Å²) in [6.45, 7) is 5.77. The molecule has 1 fully saturated rings. The number of likely N-dealkylation sites (N-methyl/N-ethyl adjacent to an activating group) is 1. The molecule has 2 rings (SSSR count). The van der Waals surface area contributed by atoms with E-state index in [1.807, 2.05) is 39.1 Å². The molecule has 1 aromatic rings. The van der Waals surface area contributed by atoms with Crippen LogP contribution < -0.4 is 10.6 Å². The Balaban J connectivity index is 2.00. The van der Waals surface area contributed by atoms with E-state index in [2.05, 4.69) is 15.5 Å². The van der Waals surface area contributed by atoms with Gasteiger partial charge in [-0.25, -0.2) is 0 Å². The van der Waals surface area contributed by atoms with Gasteiger partial charge in [0.05, 0.1) is 6.04 Å². The molecule has 2 N–H and O–H groups in total. The summed E-state index contributed by atoms with van der Waals surface area (Å²) in [6.07, 6.45) is 2.30. The van der Waals surface area contributed by atoms with Gasteiger partial charge in [0.25, 0.3) is 0 Å². The second kappa shape index (κ2) is 7.25. The van der Waals surface area contributed by atoms with Crippen LogP contribution in [-0.4, -0.2) is 43.0 Å². The number of benzene rings is 1. The summed E-state index contributed by atoms with van der Waals surface area (Å²) in [5, 5.41) is 6.97. The van der Waals surface area contributed by atoms with Crippen molar-refractivity contribution in [2.75, 3.05) is 25.5 Å². The SMILES string of the molecule is CNC1CCCN(C(C)C(=O)Nc2cccc(Cl)c2C)C1. The van der Waals surface area contributed by atoms with Crippen molar-refractivity contribution < 1.29 is 4.79 Å². The minimum absolute atomic E-state index is 0.0251. The lowest BCUT2D eigenvalue weighted by atomic mass is 10.0. The van der Waals surface area contributed by atoms with Crippen LogP contribution >= 0.6 is 11.6 Å². The summed E-state index contributed by atoms with van der Waals surface area (Å²) in [6, 6.07) is 5.91. The summed E-state index contributed by atoms with van der Waals surface area (Å²) in [5.74, 6) is 0.0251. The fourth-order valence-corrected chi connectivity index (χ4v) is 2.91. The van der Waals surface area contributed by atoms with Crippen LogP contribution in [0.1, 0.15) is 25.3 Å². The summed E-state index contributed by atoms with van der Waals surface area (Å²) >= 11 is 6.09. The molecule has 0 bridgehead atoms. The van der Waals surface area contributed by atoms with E-state index in [9.17, 15) is 4.79 Å². The number of hydrogen-bond donors (Lipinski definition) is 2. The largest absolute Gasteiger partial charge is 0.324 e. The third kappa shape index (κ3) is 3.96. The van der Waals surface area contributed by atoms with Crippen LogP contribution in [0.2, 0.25) is 5.02 Å². The standard InChI is InChI=1S/C16H24ClN3O/c1-11-14(17)7-4-8-15(11)19-16(21)12(2)20-9-5-6-13(10-20)18-3/h4,7-8,12-13,18H,5-6,9-10H2,1-3H3,(H,19,21). The molecule has 0 saturated carbocycles. The van der Waals surface area contributed by atoms with Gasteiger partial charge in [-0.1, -0.05) is 17.7 Å². The Labute approximate surface area is 131 Å². The maximum Gasteiger partial charge on any atom is 0.241 e. The molecule has 2 unspecified atom stereocenters. The lowest BCUT2D eigenvalue weighted by Gasteiger charge is -2.36. The second-order valence-corrected chi connectivity index (χ2v) is 6.11. The number of halogens is 1. The molecule has 1 heterocycles. The average molecular weight is 310 g/mol. The first-order valence-electron chi connectivity index (χ1n) is 7.50. The van der Waals surface area contributed by atoms with Gasteiger partial charge < -0.3 is 10.6 Å². The van der Waals surface area contributed by atoms with Gasteiger partial charge in [-0.05, 0) is 58.0 Å². The molecular formula is C16H24ClN3O. The predicted molar refractivity (Wildman–Crippen MR) is 87.9 cm³/mol. The van der Waals surface area contributed by atoms with Crippen molar-refractivity contribution in [1.82, 2.24) is 10.2 Å². The number of rotatable bonds is 4. The quantitative estimate of drug-likeness (QED) is 0.899. The van der Waals surface area contributed by atoms with E-state index in [0.717, 1.165) is 30.8 Å². The number of hydrogen-bond acceptors (Lipinski definition) is 3. The van der Waals surface area contributed by atoms with Crippen molar-refractivity contribution in [1.29, 1.82) is 0 Å². The maximum atomic E-state index is 12.5. The van der Waals surface area contributed by atoms with Crippen LogP contribution in [0.25, 0.3) is 0 Å². The molecule has 1 saturated heterocycles. The molecular weight excluding hydrogens is 286 g/mol. The maximum absolute atomic E-state index is 12.5. The Bertz CT molecular complexity index is 506. The first-order chi connectivity index (χ1) is 10.0. The summed E-state index contributed by atoms with van der Waals surface area (Å²) in [4.78, 5) is 14.7. The number of anilines is 1. The number of carbonyl (C=O) groups is 1. The minimum atomic E-state index is -0.139. The number of nitrogens with one attached hydrogen (secondary N) is 2. The molecule has 1 aliphatic rings. The third-order valence-corrected chi connectivity index (χ3v) is 4.72. The van der Waals surface area contributed by atoms with Gasteiger partial charge in [-0.2, -0.15) is 0 Å². The normalized spacial score (nSPS) is 21.0. The number of carbonyl (C=O) groups excluding carboxylic acids is 1. The highest BCUT2D eigenvalue weighted by Gasteiger charge is 2.26. The van der Waals surface area contributed by atoms with Gasteiger partial charge >= 0.3 is 0 Å². The van der Waals surface area contributed by atoms with E-state index >= 15 is 0 Å². The molecule has 2 atom stereocenters. The molecule has 1 aliphatic heterocycles. The van der Waals surface area contributed by atoms with Crippen LogP contribution in [0.5, 0.6) is 0 Å². The topological polar surface area (TPSA) is 44.4 Å². The minimum Gasteiger partial charge on any atom is -0.324 e.